The summed E-state index contributed by atoms with van der Waals surface area (Å²) in [6.07, 6.45) is -5.30. The van der Waals surface area contributed by atoms with E-state index in [1.165, 1.54) is 12.1 Å². The van der Waals surface area contributed by atoms with E-state index in [0.717, 1.165) is 11.1 Å². The van der Waals surface area contributed by atoms with Crippen LogP contribution in [0.3, 0.4) is 0 Å². The van der Waals surface area contributed by atoms with E-state index in [4.69, 9.17) is 13.7 Å². The SMILES string of the molecule is Cc1ccc(S(=O)(=O)O[C@H]2[C@@H](OCc3ccccc3)OC[C@H](O)[C@@H]2O)cc1. The van der Waals surface area contributed by atoms with Crippen LogP contribution < -0.4 is 0 Å². The Hall–Kier alpha value is -1.81. The minimum atomic E-state index is -4.18. The van der Waals surface area contributed by atoms with Crippen molar-refractivity contribution in [1.82, 2.24) is 0 Å². The van der Waals surface area contributed by atoms with Gasteiger partial charge in [-0.2, -0.15) is 8.42 Å². The molecule has 0 amide bonds. The van der Waals surface area contributed by atoms with Crippen LogP contribution in [0.15, 0.2) is 59.5 Å². The van der Waals surface area contributed by atoms with Gasteiger partial charge in [0.2, 0.25) is 0 Å². The number of aliphatic hydroxyl groups is 2. The number of rotatable bonds is 6. The van der Waals surface area contributed by atoms with Gasteiger partial charge in [-0.1, -0.05) is 48.0 Å². The second-order valence-corrected chi connectivity index (χ2v) is 7.96. The van der Waals surface area contributed by atoms with E-state index in [0.29, 0.717) is 0 Å². The molecular formula is C19H22O7S. The molecule has 27 heavy (non-hydrogen) atoms. The van der Waals surface area contributed by atoms with E-state index in [2.05, 4.69) is 0 Å². The van der Waals surface area contributed by atoms with Crippen molar-refractivity contribution in [1.29, 1.82) is 0 Å². The predicted molar refractivity (Wildman–Crippen MR) is 96.2 cm³/mol. The maximum absolute atomic E-state index is 12.6. The number of aryl methyl sites for hydroxylation is 1. The number of hydrogen-bond acceptors (Lipinski definition) is 7. The van der Waals surface area contributed by atoms with Gasteiger partial charge in [0.15, 0.2) is 12.4 Å². The minimum Gasteiger partial charge on any atom is -0.388 e. The summed E-state index contributed by atoms with van der Waals surface area (Å²) in [7, 11) is -4.18. The molecule has 8 heteroatoms. The van der Waals surface area contributed by atoms with Crippen LogP contribution >= 0.6 is 0 Å². The molecule has 0 spiro atoms. The lowest BCUT2D eigenvalue weighted by molar-refractivity contribution is -0.266. The molecular weight excluding hydrogens is 372 g/mol. The zero-order valence-electron chi connectivity index (χ0n) is 14.8. The average Bonchev–Trinajstić information content (AvgIpc) is 2.66. The zero-order chi connectivity index (χ0) is 19.4. The van der Waals surface area contributed by atoms with E-state index < -0.39 is 34.7 Å². The van der Waals surface area contributed by atoms with Gasteiger partial charge in [0.25, 0.3) is 10.1 Å². The quantitative estimate of drug-likeness (QED) is 0.713. The third-order valence-electron chi connectivity index (χ3n) is 4.23. The molecule has 1 aliphatic rings. The normalized spacial score (nSPS) is 26.0. The first-order chi connectivity index (χ1) is 12.9. The monoisotopic (exact) mass is 394 g/mol. The molecule has 0 radical (unpaired) electrons. The largest absolute Gasteiger partial charge is 0.388 e. The molecule has 2 aromatic carbocycles. The minimum absolute atomic E-state index is 0.0535. The third kappa shape index (κ3) is 4.92. The van der Waals surface area contributed by atoms with Crippen molar-refractivity contribution < 1.29 is 32.3 Å². The maximum atomic E-state index is 12.6. The summed E-state index contributed by atoms with van der Waals surface area (Å²) in [4.78, 5) is -0.0535. The maximum Gasteiger partial charge on any atom is 0.297 e. The Bertz CT molecular complexity index is 836. The van der Waals surface area contributed by atoms with Crippen molar-refractivity contribution in [2.24, 2.45) is 0 Å². The summed E-state index contributed by atoms with van der Waals surface area (Å²) >= 11 is 0. The number of benzene rings is 2. The third-order valence-corrected chi connectivity index (χ3v) is 5.56. The van der Waals surface area contributed by atoms with Crippen molar-refractivity contribution in [3.8, 4) is 0 Å². The summed E-state index contributed by atoms with van der Waals surface area (Å²) in [6, 6.07) is 15.3. The lowest BCUT2D eigenvalue weighted by atomic mass is 10.1. The molecule has 7 nitrogen and oxygen atoms in total. The molecule has 4 atom stereocenters. The fourth-order valence-electron chi connectivity index (χ4n) is 2.67. The first-order valence-corrected chi connectivity index (χ1v) is 9.91. The first kappa shape index (κ1) is 19.9. The first-order valence-electron chi connectivity index (χ1n) is 8.50. The lowest BCUT2D eigenvalue weighted by Gasteiger charge is -2.37. The molecule has 0 bridgehead atoms. The Balaban J connectivity index is 1.76. The summed E-state index contributed by atoms with van der Waals surface area (Å²) < 4.78 is 41.3. The number of aliphatic hydroxyl groups excluding tert-OH is 2. The Morgan fingerprint density at radius 3 is 2.41 bits per heavy atom. The molecule has 0 aromatic heterocycles. The second kappa shape index (κ2) is 8.47. The van der Waals surface area contributed by atoms with Crippen LogP contribution in [-0.2, 0) is 30.4 Å². The number of hydrogen-bond donors (Lipinski definition) is 2. The summed E-state index contributed by atoms with van der Waals surface area (Å²) in [5, 5.41) is 20.1. The van der Waals surface area contributed by atoms with Gasteiger partial charge < -0.3 is 19.7 Å². The van der Waals surface area contributed by atoms with Gasteiger partial charge in [-0.3, -0.25) is 4.18 Å². The van der Waals surface area contributed by atoms with E-state index >= 15 is 0 Å². The molecule has 0 saturated carbocycles. The van der Waals surface area contributed by atoms with Gasteiger partial charge in [-0.15, -0.1) is 0 Å². The molecule has 1 fully saturated rings. The fourth-order valence-corrected chi connectivity index (χ4v) is 3.75. The molecule has 1 saturated heterocycles. The van der Waals surface area contributed by atoms with Gasteiger partial charge in [0.1, 0.15) is 12.2 Å². The predicted octanol–water partition coefficient (Wildman–Crippen LogP) is 1.36. The Morgan fingerprint density at radius 1 is 1.07 bits per heavy atom. The summed E-state index contributed by atoms with van der Waals surface area (Å²) in [5.74, 6) is 0. The average molecular weight is 394 g/mol. The Labute approximate surface area is 158 Å². The van der Waals surface area contributed by atoms with Crippen LogP contribution in [0.2, 0.25) is 0 Å². The van der Waals surface area contributed by atoms with Crippen LogP contribution in [0.4, 0.5) is 0 Å². The number of ether oxygens (including phenoxy) is 2. The van der Waals surface area contributed by atoms with Gasteiger partial charge in [0, 0.05) is 0 Å². The van der Waals surface area contributed by atoms with Crippen LogP contribution in [0.5, 0.6) is 0 Å². The highest BCUT2D eigenvalue weighted by atomic mass is 32.2. The highest BCUT2D eigenvalue weighted by molar-refractivity contribution is 7.86. The van der Waals surface area contributed by atoms with Crippen molar-refractivity contribution in [2.75, 3.05) is 6.61 Å². The van der Waals surface area contributed by atoms with E-state index in [9.17, 15) is 18.6 Å². The Kier molecular flexibility index (Phi) is 6.25. The molecule has 0 unspecified atom stereocenters. The molecule has 1 aliphatic heterocycles. The molecule has 2 aromatic rings. The summed E-state index contributed by atoms with van der Waals surface area (Å²) in [6.45, 7) is 1.78. The standard InChI is InChI=1S/C19H22O7S/c1-13-7-9-15(10-8-13)27(22,23)26-18-17(21)16(20)12-25-19(18)24-11-14-5-3-2-4-6-14/h2-10,16-21H,11-12H2,1H3/t16-,17-,18+,19-/m0/s1. The van der Waals surface area contributed by atoms with Crippen LogP contribution in [0, 0.1) is 6.92 Å². The highest BCUT2D eigenvalue weighted by Gasteiger charge is 2.43. The van der Waals surface area contributed by atoms with E-state index in [1.54, 1.807) is 12.1 Å². The van der Waals surface area contributed by atoms with Gasteiger partial charge >= 0.3 is 0 Å². The van der Waals surface area contributed by atoms with Crippen molar-refractivity contribution in [2.45, 2.75) is 43.0 Å². The molecule has 2 N–H and O–H groups in total. The second-order valence-electron chi connectivity index (χ2n) is 6.38. The van der Waals surface area contributed by atoms with Gasteiger partial charge in [-0.25, -0.2) is 0 Å². The Morgan fingerprint density at radius 2 is 1.74 bits per heavy atom. The topological polar surface area (TPSA) is 102 Å². The van der Waals surface area contributed by atoms with Crippen LogP contribution in [0.1, 0.15) is 11.1 Å². The van der Waals surface area contributed by atoms with Crippen LogP contribution in [-0.4, -0.2) is 49.8 Å². The van der Waals surface area contributed by atoms with E-state index in [-0.39, 0.29) is 18.1 Å². The molecule has 3 rings (SSSR count). The van der Waals surface area contributed by atoms with E-state index in [1.807, 2.05) is 37.3 Å². The lowest BCUT2D eigenvalue weighted by Crippen LogP contribution is -2.55. The van der Waals surface area contributed by atoms with Crippen molar-refractivity contribution in [3.63, 3.8) is 0 Å². The highest BCUT2D eigenvalue weighted by Crippen LogP contribution is 2.25. The van der Waals surface area contributed by atoms with Crippen molar-refractivity contribution >= 4 is 10.1 Å². The summed E-state index contributed by atoms with van der Waals surface area (Å²) in [5.41, 5.74) is 1.75. The molecule has 0 aliphatic carbocycles. The molecule has 1 heterocycles. The van der Waals surface area contributed by atoms with Crippen molar-refractivity contribution in [3.05, 3.63) is 65.7 Å². The smallest absolute Gasteiger partial charge is 0.297 e. The van der Waals surface area contributed by atoms with Gasteiger partial charge in [0.05, 0.1) is 18.1 Å². The van der Waals surface area contributed by atoms with Gasteiger partial charge in [-0.05, 0) is 24.6 Å². The van der Waals surface area contributed by atoms with Crippen LogP contribution in [0.25, 0.3) is 0 Å². The fraction of sp³-hybridized carbons (Fsp3) is 0.368. The zero-order valence-corrected chi connectivity index (χ0v) is 15.6. The molecule has 146 valence electrons.